The molecule has 0 bridgehead atoms. The monoisotopic (exact) mass is 365 g/mol. The standard InChI is InChI=1S/C21H23N3O3/c1-13-10-17(14(2)24(13)16-8-9-16)19(25)12-23-20(26)18(22-21(23)27)11-15-6-4-3-5-7-15/h3-7,10,16,18H,8-9,11-12H2,1-2H3,(H,22,27)/t18-/m1/s1. The third-order valence-corrected chi connectivity index (χ3v) is 5.39. The van der Waals surface area contributed by atoms with E-state index in [0.717, 1.165) is 34.7 Å². The van der Waals surface area contributed by atoms with Crippen LogP contribution in [0.3, 0.4) is 0 Å². The second kappa shape index (κ2) is 6.68. The van der Waals surface area contributed by atoms with Crippen LogP contribution < -0.4 is 5.32 Å². The predicted octanol–water partition coefficient (Wildman–Crippen LogP) is 2.79. The fourth-order valence-electron chi connectivity index (χ4n) is 3.90. The minimum Gasteiger partial charge on any atom is -0.345 e. The Labute approximate surface area is 158 Å². The topological polar surface area (TPSA) is 71.4 Å². The first-order valence-electron chi connectivity index (χ1n) is 9.33. The zero-order valence-electron chi connectivity index (χ0n) is 15.6. The lowest BCUT2D eigenvalue weighted by atomic mass is 10.1. The Kier molecular flexibility index (Phi) is 4.34. The van der Waals surface area contributed by atoms with E-state index in [9.17, 15) is 14.4 Å². The van der Waals surface area contributed by atoms with Crippen LogP contribution in [0, 0.1) is 13.8 Å². The number of nitrogens with zero attached hydrogens (tertiary/aromatic N) is 2. The van der Waals surface area contributed by atoms with Crippen LogP contribution in [0.2, 0.25) is 0 Å². The molecule has 2 fully saturated rings. The molecule has 140 valence electrons. The molecule has 6 heteroatoms. The highest BCUT2D eigenvalue weighted by Crippen LogP contribution is 2.38. The van der Waals surface area contributed by atoms with Gasteiger partial charge < -0.3 is 9.88 Å². The Balaban J connectivity index is 1.47. The van der Waals surface area contributed by atoms with E-state index in [1.54, 1.807) is 0 Å². The van der Waals surface area contributed by atoms with Gasteiger partial charge in [0.1, 0.15) is 6.04 Å². The number of amides is 3. The van der Waals surface area contributed by atoms with Crippen molar-refractivity contribution in [2.75, 3.05) is 6.54 Å². The molecule has 1 atom stereocenters. The molecule has 0 radical (unpaired) electrons. The smallest absolute Gasteiger partial charge is 0.325 e. The van der Waals surface area contributed by atoms with E-state index < -0.39 is 12.1 Å². The number of imide groups is 1. The molecule has 1 N–H and O–H groups in total. The molecular weight excluding hydrogens is 342 g/mol. The van der Waals surface area contributed by atoms with Gasteiger partial charge in [-0.25, -0.2) is 4.79 Å². The van der Waals surface area contributed by atoms with Gasteiger partial charge in [-0.2, -0.15) is 0 Å². The number of ketones is 1. The Hall–Kier alpha value is -2.89. The summed E-state index contributed by atoms with van der Waals surface area (Å²) < 4.78 is 2.19. The van der Waals surface area contributed by atoms with Crippen LogP contribution in [-0.2, 0) is 11.2 Å². The maximum atomic E-state index is 12.8. The van der Waals surface area contributed by atoms with Gasteiger partial charge in [0.15, 0.2) is 5.78 Å². The molecule has 1 saturated carbocycles. The van der Waals surface area contributed by atoms with Crippen molar-refractivity contribution in [3.8, 4) is 0 Å². The van der Waals surface area contributed by atoms with Gasteiger partial charge in [0.2, 0.25) is 0 Å². The van der Waals surface area contributed by atoms with Crippen LogP contribution in [0.4, 0.5) is 4.79 Å². The summed E-state index contributed by atoms with van der Waals surface area (Å²) in [6.07, 6.45) is 2.70. The maximum absolute atomic E-state index is 12.8. The molecular formula is C21H23N3O3. The van der Waals surface area contributed by atoms with Gasteiger partial charge >= 0.3 is 6.03 Å². The summed E-state index contributed by atoms with van der Waals surface area (Å²) in [6.45, 7) is 3.71. The van der Waals surface area contributed by atoms with Crippen molar-refractivity contribution in [3.05, 3.63) is 58.9 Å². The zero-order chi connectivity index (χ0) is 19.1. The molecule has 1 aliphatic heterocycles. The lowest BCUT2D eigenvalue weighted by molar-refractivity contribution is -0.127. The Morgan fingerprint density at radius 1 is 1.15 bits per heavy atom. The number of hydrogen-bond acceptors (Lipinski definition) is 3. The average molecular weight is 365 g/mol. The van der Waals surface area contributed by atoms with E-state index in [4.69, 9.17) is 0 Å². The van der Waals surface area contributed by atoms with Gasteiger partial charge in [-0.1, -0.05) is 30.3 Å². The van der Waals surface area contributed by atoms with Gasteiger partial charge in [-0.15, -0.1) is 0 Å². The number of Topliss-reactive ketones (excluding diaryl/α,β-unsaturated/α-hetero) is 1. The first kappa shape index (κ1) is 17.5. The number of nitrogens with one attached hydrogen (secondary N) is 1. The molecule has 0 spiro atoms. The van der Waals surface area contributed by atoms with Crippen LogP contribution in [0.15, 0.2) is 36.4 Å². The third kappa shape index (κ3) is 3.27. The Morgan fingerprint density at radius 3 is 2.52 bits per heavy atom. The van der Waals surface area contributed by atoms with E-state index in [1.165, 1.54) is 0 Å². The van der Waals surface area contributed by atoms with Gasteiger partial charge in [-0.3, -0.25) is 14.5 Å². The van der Waals surface area contributed by atoms with Crippen LogP contribution in [0.5, 0.6) is 0 Å². The molecule has 0 unspecified atom stereocenters. The first-order valence-corrected chi connectivity index (χ1v) is 9.33. The molecule has 6 nitrogen and oxygen atoms in total. The van der Waals surface area contributed by atoms with Crippen molar-refractivity contribution in [2.45, 2.75) is 45.2 Å². The van der Waals surface area contributed by atoms with Crippen LogP contribution >= 0.6 is 0 Å². The Bertz CT molecular complexity index is 912. The minimum atomic E-state index is -0.619. The summed E-state index contributed by atoms with van der Waals surface area (Å²) in [6, 6.07) is 10.8. The van der Waals surface area contributed by atoms with Crippen molar-refractivity contribution in [1.29, 1.82) is 0 Å². The van der Waals surface area contributed by atoms with Crippen LogP contribution in [0.1, 0.15) is 46.2 Å². The van der Waals surface area contributed by atoms with Crippen LogP contribution in [-0.4, -0.2) is 39.8 Å². The molecule has 2 heterocycles. The van der Waals surface area contributed by atoms with E-state index in [1.807, 2.05) is 50.2 Å². The maximum Gasteiger partial charge on any atom is 0.325 e. The number of benzene rings is 1. The SMILES string of the molecule is Cc1cc(C(=O)CN2C(=O)N[C@H](Cc3ccccc3)C2=O)c(C)n1C1CC1. The summed E-state index contributed by atoms with van der Waals surface area (Å²) in [4.78, 5) is 38.8. The number of aryl methyl sites for hydroxylation is 1. The molecule has 1 aromatic carbocycles. The number of urea groups is 1. The number of rotatable bonds is 6. The summed E-state index contributed by atoms with van der Waals surface area (Å²) in [5, 5.41) is 2.70. The highest BCUT2D eigenvalue weighted by molar-refractivity contribution is 6.09. The summed E-state index contributed by atoms with van der Waals surface area (Å²) in [5.41, 5.74) is 3.55. The van der Waals surface area contributed by atoms with Crippen molar-refractivity contribution < 1.29 is 14.4 Å². The van der Waals surface area contributed by atoms with Gasteiger partial charge in [0, 0.05) is 29.4 Å². The second-order valence-electron chi connectivity index (χ2n) is 7.43. The third-order valence-electron chi connectivity index (χ3n) is 5.39. The number of aromatic nitrogens is 1. The summed E-state index contributed by atoms with van der Waals surface area (Å²) in [5.74, 6) is -0.535. The summed E-state index contributed by atoms with van der Waals surface area (Å²) in [7, 11) is 0. The molecule has 4 rings (SSSR count). The quantitative estimate of drug-likeness (QED) is 0.632. The highest BCUT2D eigenvalue weighted by atomic mass is 16.2. The van der Waals surface area contributed by atoms with Gasteiger partial charge in [-0.05, 0) is 38.3 Å². The average Bonchev–Trinajstić information content (AvgIpc) is 3.38. The number of carbonyl (C=O) groups is 3. The van der Waals surface area contributed by atoms with Crippen molar-refractivity contribution in [1.82, 2.24) is 14.8 Å². The number of carbonyl (C=O) groups excluding carboxylic acids is 3. The van der Waals surface area contributed by atoms with Gasteiger partial charge in [0.05, 0.1) is 6.54 Å². The normalized spacial score (nSPS) is 19.5. The summed E-state index contributed by atoms with van der Waals surface area (Å²) >= 11 is 0. The molecule has 1 aromatic heterocycles. The largest absolute Gasteiger partial charge is 0.345 e. The lowest BCUT2D eigenvalue weighted by Gasteiger charge is -2.13. The molecule has 1 saturated heterocycles. The molecule has 1 aliphatic carbocycles. The second-order valence-corrected chi connectivity index (χ2v) is 7.43. The van der Waals surface area contributed by atoms with E-state index in [0.29, 0.717) is 18.0 Å². The van der Waals surface area contributed by atoms with Crippen LogP contribution in [0.25, 0.3) is 0 Å². The highest BCUT2D eigenvalue weighted by Gasteiger charge is 2.39. The van der Waals surface area contributed by atoms with Crippen molar-refractivity contribution >= 4 is 17.7 Å². The Morgan fingerprint density at radius 2 is 1.85 bits per heavy atom. The molecule has 27 heavy (non-hydrogen) atoms. The molecule has 2 aliphatic rings. The zero-order valence-corrected chi connectivity index (χ0v) is 15.6. The predicted molar refractivity (Wildman–Crippen MR) is 101 cm³/mol. The lowest BCUT2D eigenvalue weighted by Crippen LogP contribution is -2.36. The fraction of sp³-hybridized carbons (Fsp3) is 0.381. The first-order chi connectivity index (χ1) is 13.0. The van der Waals surface area contributed by atoms with Crippen molar-refractivity contribution in [2.24, 2.45) is 0 Å². The van der Waals surface area contributed by atoms with Gasteiger partial charge in [0.25, 0.3) is 5.91 Å². The molecule has 3 amide bonds. The fourth-order valence-corrected chi connectivity index (χ4v) is 3.90. The number of hydrogen-bond donors (Lipinski definition) is 1. The van der Waals surface area contributed by atoms with E-state index in [2.05, 4.69) is 9.88 Å². The molecule has 2 aromatic rings. The van der Waals surface area contributed by atoms with E-state index in [-0.39, 0.29) is 18.2 Å². The minimum absolute atomic E-state index is 0.195. The van der Waals surface area contributed by atoms with Crippen molar-refractivity contribution in [3.63, 3.8) is 0 Å². The van der Waals surface area contributed by atoms with E-state index >= 15 is 0 Å².